The van der Waals surface area contributed by atoms with Crippen molar-refractivity contribution in [2.45, 2.75) is 12.8 Å². The minimum Gasteiger partial charge on any atom is -0.454 e. The van der Waals surface area contributed by atoms with Crippen molar-refractivity contribution in [1.82, 2.24) is 4.90 Å². The van der Waals surface area contributed by atoms with Crippen LogP contribution in [0.3, 0.4) is 0 Å². The Balaban J connectivity index is 0.000000431. The first kappa shape index (κ1) is 19.8. The fourth-order valence-electron chi connectivity index (χ4n) is 2.94. The van der Waals surface area contributed by atoms with E-state index >= 15 is 0 Å². The molecule has 1 amide bonds. The van der Waals surface area contributed by atoms with Gasteiger partial charge in [0.2, 0.25) is 19.1 Å². The molecule has 0 fully saturated rings. The Kier molecular flexibility index (Phi) is 5.45. The third kappa shape index (κ3) is 3.87. The fourth-order valence-corrected chi connectivity index (χ4v) is 2.94. The lowest BCUT2D eigenvalue weighted by molar-refractivity contribution is -0.115. The number of ether oxygens (including phenoxy) is 3. The van der Waals surface area contributed by atoms with E-state index in [1.165, 1.54) is 4.90 Å². The first-order valence-corrected chi connectivity index (χ1v) is 8.59. The van der Waals surface area contributed by atoms with E-state index in [0.717, 1.165) is 6.41 Å². The number of nitriles is 1. The van der Waals surface area contributed by atoms with Gasteiger partial charge in [0.1, 0.15) is 23.2 Å². The summed E-state index contributed by atoms with van der Waals surface area (Å²) in [6, 6.07) is 8.83. The number of rotatable bonds is 2. The lowest BCUT2D eigenvalue weighted by Crippen LogP contribution is -2.26. The van der Waals surface area contributed by atoms with Crippen LogP contribution in [0.1, 0.15) is 22.8 Å². The molecule has 2 aliphatic heterocycles. The van der Waals surface area contributed by atoms with Crippen molar-refractivity contribution in [3.8, 4) is 23.3 Å². The number of amides is 1. The normalized spacial score (nSPS) is 16.0. The molecular formula is C20H19N3O6. The number of benzene rings is 1. The van der Waals surface area contributed by atoms with Gasteiger partial charge in [0, 0.05) is 20.2 Å². The van der Waals surface area contributed by atoms with Crippen molar-refractivity contribution in [3.63, 3.8) is 0 Å². The maximum absolute atomic E-state index is 12.4. The van der Waals surface area contributed by atoms with Crippen molar-refractivity contribution < 1.29 is 23.4 Å². The van der Waals surface area contributed by atoms with E-state index in [4.69, 9.17) is 24.4 Å². The lowest BCUT2D eigenvalue weighted by atomic mass is 9.84. The van der Waals surface area contributed by atoms with Gasteiger partial charge in [0.05, 0.1) is 11.5 Å². The molecule has 9 heteroatoms. The van der Waals surface area contributed by atoms with Crippen LogP contribution >= 0.6 is 0 Å². The molecule has 0 unspecified atom stereocenters. The molecular weight excluding hydrogens is 378 g/mol. The van der Waals surface area contributed by atoms with Crippen LogP contribution in [0.25, 0.3) is 0 Å². The van der Waals surface area contributed by atoms with Gasteiger partial charge in [-0.25, -0.2) is 4.79 Å². The van der Waals surface area contributed by atoms with Crippen molar-refractivity contribution in [3.05, 3.63) is 63.0 Å². The largest absolute Gasteiger partial charge is 0.454 e. The van der Waals surface area contributed by atoms with Crippen molar-refractivity contribution in [2.75, 3.05) is 20.9 Å². The number of carbonyl (C=O) groups excluding carboxylic acids is 1. The highest BCUT2D eigenvalue weighted by Gasteiger charge is 2.35. The molecule has 3 heterocycles. The Labute approximate surface area is 166 Å². The number of hydrogen-bond acceptors (Lipinski definition) is 8. The molecule has 0 spiro atoms. The van der Waals surface area contributed by atoms with E-state index in [1.807, 2.05) is 6.07 Å². The number of allylic oxidation sites excluding steroid dienone is 1. The summed E-state index contributed by atoms with van der Waals surface area (Å²) in [5.41, 5.74) is 6.39. The highest BCUT2D eigenvalue weighted by Crippen LogP contribution is 2.43. The molecule has 0 saturated heterocycles. The Hall–Kier alpha value is -3.93. The topological polar surface area (TPSA) is 128 Å². The SMILES string of the molecule is CN(C)C=O.Cc1cc2c(c(=O)o1)[C@H](c1ccc3c(c1)OCO3)C(C#N)=C(N)O2. The van der Waals surface area contributed by atoms with Gasteiger partial charge in [-0.3, -0.25) is 4.79 Å². The van der Waals surface area contributed by atoms with E-state index in [2.05, 4.69) is 0 Å². The van der Waals surface area contributed by atoms with E-state index in [9.17, 15) is 14.9 Å². The molecule has 1 atom stereocenters. The van der Waals surface area contributed by atoms with Crippen molar-refractivity contribution >= 4 is 6.41 Å². The second-order valence-corrected chi connectivity index (χ2v) is 6.53. The second-order valence-electron chi connectivity index (χ2n) is 6.53. The van der Waals surface area contributed by atoms with E-state index < -0.39 is 11.5 Å². The van der Waals surface area contributed by atoms with E-state index in [0.29, 0.717) is 28.6 Å². The average molecular weight is 397 g/mol. The molecule has 0 bridgehead atoms. The molecule has 9 nitrogen and oxygen atoms in total. The van der Waals surface area contributed by atoms with Crippen LogP contribution in [0.4, 0.5) is 0 Å². The molecule has 0 saturated carbocycles. The monoisotopic (exact) mass is 397 g/mol. The summed E-state index contributed by atoms with van der Waals surface area (Å²) < 4.78 is 21.3. The predicted molar refractivity (Wildman–Crippen MR) is 101 cm³/mol. The third-order valence-electron chi connectivity index (χ3n) is 4.20. The lowest BCUT2D eigenvalue weighted by Gasteiger charge is -2.25. The maximum atomic E-state index is 12.4. The van der Waals surface area contributed by atoms with Crippen molar-refractivity contribution in [1.29, 1.82) is 5.26 Å². The Morgan fingerprint density at radius 2 is 1.90 bits per heavy atom. The van der Waals surface area contributed by atoms with Gasteiger partial charge in [-0.15, -0.1) is 0 Å². The van der Waals surface area contributed by atoms with Crippen molar-refractivity contribution in [2.24, 2.45) is 5.73 Å². The van der Waals surface area contributed by atoms with Gasteiger partial charge in [0.25, 0.3) is 0 Å². The highest BCUT2D eigenvalue weighted by molar-refractivity contribution is 5.57. The quantitative estimate of drug-likeness (QED) is 0.757. The summed E-state index contributed by atoms with van der Waals surface area (Å²) >= 11 is 0. The van der Waals surface area contributed by atoms with Gasteiger partial charge < -0.3 is 29.3 Å². The number of carbonyl (C=O) groups is 1. The second kappa shape index (κ2) is 7.98. The van der Waals surface area contributed by atoms with Crippen LogP contribution in [-0.4, -0.2) is 32.2 Å². The summed E-state index contributed by atoms with van der Waals surface area (Å²) in [5, 5.41) is 9.50. The van der Waals surface area contributed by atoms with Crippen LogP contribution in [0.2, 0.25) is 0 Å². The summed E-state index contributed by atoms with van der Waals surface area (Å²) in [5.74, 6) is 1.13. The first-order chi connectivity index (χ1) is 13.8. The standard InChI is InChI=1S/C17H12N2O5.C3H7NO/c1-8-4-13-15(17(20)23-8)14(10(6-18)16(19)24-13)9-2-3-11-12(5-9)22-7-21-11;1-4(2)3-5/h2-5,14H,7,19H2,1H3;3H,1-2H3/t14-;/m1./s1. The van der Waals surface area contributed by atoms with Gasteiger partial charge in [-0.05, 0) is 24.6 Å². The molecule has 2 N–H and O–H groups in total. The maximum Gasteiger partial charge on any atom is 0.343 e. The number of nitrogens with two attached hydrogens (primary N) is 1. The molecule has 1 aromatic carbocycles. The smallest absolute Gasteiger partial charge is 0.343 e. The fraction of sp³-hybridized carbons (Fsp3) is 0.250. The zero-order chi connectivity index (χ0) is 21.1. The average Bonchev–Trinajstić information content (AvgIpc) is 3.14. The molecule has 1 aromatic heterocycles. The zero-order valence-corrected chi connectivity index (χ0v) is 16.1. The van der Waals surface area contributed by atoms with Gasteiger partial charge >= 0.3 is 5.63 Å². The Morgan fingerprint density at radius 3 is 2.55 bits per heavy atom. The van der Waals surface area contributed by atoms with Crippen LogP contribution in [0.15, 0.2) is 44.9 Å². The number of fused-ring (bicyclic) bond motifs is 2. The molecule has 2 aliphatic rings. The van der Waals surface area contributed by atoms with Crippen LogP contribution < -0.4 is 25.6 Å². The van der Waals surface area contributed by atoms with E-state index in [-0.39, 0.29) is 23.8 Å². The highest BCUT2D eigenvalue weighted by atomic mass is 16.7. The number of aryl methyl sites for hydroxylation is 1. The van der Waals surface area contributed by atoms with Gasteiger partial charge in [-0.1, -0.05) is 6.07 Å². The summed E-state index contributed by atoms with van der Waals surface area (Å²) in [6.45, 7) is 1.77. The van der Waals surface area contributed by atoms with Crippen LogP contribution in [0.5, 0.6) is 17.2 Å². The molecule has 4 rings (SSSR count). The molecule has 150 valence electrons. The van der Waals surface area contributed by atoms with Crippen LogP contribution in [0, 0.1) is 18.3 Å². The molecule has 0 radical (unpaired) electrons. The summed E-state index contributed by atoms with van der Waals surface area (Å²) in [7, 11) is 3.38. The predicted octanol–water partition coefficient (Wildman–Crippen LogP) is 1.60. The molecule has 2 aromatic rings. The molecule has 0 aliphatic carbocycles. The van der Waals surface area contributed by atoms with Gasteiger partial charge in [-0.2, -0.15) is 5.26 Å². The summed E-state index contributed by atoms with van der Waals surface area (Å²) in [6.07, 6.45) is 0.750. The Bertz CT molecular complexity index is 1080. The molecule has 29 heavy (non-hydrogen) atoms. The van der Waals surface area contributed by atoms with Gasteiger partial charge in [0.15, 0.2) is 11.5 Å². The zero-order valence-electron chi connectivity index (χ0n) is 16.1. The number of hydrogen-bond donors (Lipinski definition) is 1. The first-order valence-electron chi connectivity index (χ1n) is 8.59. The summed E-state index contributed by atoms with van der Waals surface area (Å²) in [4.78, 5) is 23.3. The minimum atomic E-state index is -0.690. The minimum absolute atomic E-state index is 0.0299. The van der Waals surface area contributed by atoms with Crippen LogP contribution in [-0.2, 0) is 4.79 Å². The Morgan fingerprint density at radius 1 is 1.21 bits per heavy atom. The van der Waals surface area contributed by atoms with E-state index in [1.54, 1.807) is 45.3 Å². The number of nitrogens with zero attached hydrogens (tertiary/aromatic N) is 2. The third-order valence-corrected chi connectivity index (χ3v) is 4.20.